The van der Waals surface area contributed by atoms with Gasteiger partial charge >= 0.3 is 0 Å². The van der Waals surface area contributed by atoms with Gasteiger partial charge in [0.25, 0.3) is 0 Å². The van der Waals surface area contributed by atoms with E-state index in [-0.39, 0.29) is 5.54 Å². The van der Waals surface area contributed by atoms with Gasteiger partial charge in [0.1, 0.15) is 0 Å². The molecule has 3 N–H and O–H groups in total. The van der Waals surface area contributed by atoms with Gasteiger partial charge in [0.05, 0.1) is 5.69 Å². The van der Waals surface area contributed by atoms with Crippen molar-refractivity contribution < 1.29 is 0 Å². The number of pyridine rings is 1. The highest BCUT2D eigenvalue weighted by atomic mass is 35.5. The lowest BCUT2D eigenvalue weighted by Crippen LogP contribution is -2.39. The van der Waals surface area contributed by atoms with Crippen LogP contribution in [0.4, 0.5) is 5.69 Å². The molecule has 13 heavy (non-hydrogen) atoms. The molecule has 3 nitrogen and oxygen atoms in total. The van der Waals surface area contributed by atoms with Gasteiger partial charge in [0.2, 0.25) is 0 Å². The monoisotopic (exact) mass is 199 g/mol. The van der Waals surface area contributed by atoms with Crippen LogP contribution in [0.2, 0.25) is 5.15 Å². The van der Waals surface area contributed by atoms with E-state index >= 15 is 0 Å². The molecule has 0 saturated heterocycles. The van der Waals surface area contributed by atoms with Crippen LogP contribution in [-0.2, 0) is 0 Å². The van der Waals surface area contributed by atoms with Crippen LogP contribution < -0.4 is 11.1 Å². The Morgan fingerprint density at radius 1 is 1.62 bits per heavy atom. The summed E-state index contributed by atoms with van der Waals surface area (Å²) in [6.07, 6.45) is 1.65. The van der Waals surface area contributed by atoms with Crippen LogP contribution in [0.5, 0.6) is 0 Å². The smallest absolute Gasteiger partial charge is 0.152 e. The average Bonchev–Trinajstić information content (AvgIpc) is 2.01. The van der Waals surface area contributed by atoms with Crippen molar-refractivity contribution in [3.05, 3.63) is 23.5 Å². The molecule has 72 valence electrons. The number of halogens is 1. The summed E-state index contributed by atoms with van der Waals surface area (Å²) < 4.78 is 0. The Balaban J connectivity index is 2.60. The molecule has 0 radical (unpaired) electrons. The number of anilines is 1. The first kappa shape index (κ1) is 10.3. The van der Waals surface area contributed by atoms with Gasteiger partial charge in [-0.25, -0.2) is 4.98 Å². The van der Waals surface area contributed by atoms with E-state index in [1.165, 1.54) is 0 Å². The second-order valence-corrected chi connectivity index (χ2v) is 4.04. The Kier molecular flexibility index (Phi) is 3.12. The van der Waals surface area contributed by atoms with Gasteiger partial charge in [-0.2, -0.15) is 0 Å². The van der Waals surface area contributed by atoms with E-state index in [4.69, 9.17) is 17.3 Å². The Labute approximate surface area is 83.3 Å². The fraction of sp³-hybridized carbons (Fsp3) is 0.444. The minimum absolute atomic E-state index is 0.251. The zero-order valence-corrected chi connectivity index (χ0v) is 8.60. The summed E-state index contributed by atoms with van der Waals surface area (Å²) >= 11 is 5.84. The highest BCUT2D eigenvalue weighted by molar-refractivity contribution is 6.31. The number of hydrogen-bond acceptors (Lipinski definition) is 3. The van der Waals surface area contributed by atoms with Crippen molar-refractivity contribution >= 4 is 17.3 Å². The second-order valence-electron chi connectivity index (χ2n) is 3.68. The van der Waals surface area contributed by atoms with Gasteiger partial charge < -0.3 is 11.1 Å². The predicted molar refractivity (Wildman–Crippen MR) is 56.0 cm³/mol. The molecular weight excluding hydrogens is 186 g/mol. The van der Waals surface area contributed by atoms with Gasteiger partial charge in [-0.1, -0.05) is 11.6 Å². The largest absolute Gasteiger partial charge is 0.381 e. The molecule has 0 aliphatic carbocycles. The number of aromatic nitrogens is 1. The quantitative estimate of drug-likeness (QED) is 0.731. The summed E-state index contributed by atoms with van der Waals surface area (Å²) in [4.78, 5) is 3.94. The third-order valence-electron chi connectivity index (χ3n) is 1.49. The van der Waals surface area contributed by atoms with E-state index in [2.05, 4.69) is 10.3 Å². The molecule has 0 saturated carbocycles. The lowest BCUT2D eigenvalue weighted by Gasteiger charge is -2.19. The molecule has 1 aromatic heterocycles. The van der Waals surface area contributed by atoms with E-state index in [0.29, 0.717) is 11.7 Å². The van der Waals surface area contributed by atoms with Crippen molar-refractivity contribution in [1.29, 1.82) is 0 Å². The fourth-order valence-electron chi connectivity index (χ4n) is 0.841. The maximum Gasteiger partial charge on any atom is 0.152 e. The molecular formula is C9H14ClN3. The molecule has 0 bridgehead atoms. The van der Waals surface area contributed by atoms with Crippen LogP contribution in [0.15, 0.2) is 18.3 Å². The van der Waals surface area contributed by atoms with Gasteiger partial charge in [-0.15, -0.1) is 0 Å². The molecule has 0 aliphatic rings. The van der Waals surface area contributed by atoms with E-state index < -0.39 is 0 Å². The Morgan fingerprint density at radius 2 is 2.31 bits per heavy atom. The lowest BCUT2D eigenvalue weighted by molar-refractivity contribution is 0.549. The van der Waals surface area contributed by atoms with Crippen molar-refractivity contribution in [3.8, 4) is 0 Å². The third kappa shape index (κ3) is 3.61. The summed E-state index contributed by atoms with van der Waals surface area (Å²) in [7, 11) is 0. The van der Waals surface area contributed by atoms with E-state index in [0.717, 1.165) is 5.69 Å². The Bertz CT molecular complexity index is 280. The molecule has 0 fully saturated rings. The van der Waals surface area contributed by atoms with E-state index in [9.17, 15) is 0 Å². The number of hydrogen-bond donors (Lipinski definition) is 2. The highest BCUT2D eigenvalue weighted by Crippen LogP contribution is 2.17. The fourth-order valence-corrected chi connectivity index (χ4v) is 1.03. The maximum atomic E-state index is 5.84. The summed E-state index contributed by atoms with van der Waals surface area (Å²) in [6, 6.07) is 3.71. The topological polar surface area (TPSA) is 50.9 Å². The van der Waals surface area contributed by atoms with Crippen molar-refractivity contribution in [1.82, 2.24) is 4.98 Å². The van der Waals surface area contributed by atoms with Gasteiger partial charge in [0.15, 0.2) is 5.15 Å². The molecule has 0 aliphatic heterocycles. The molecule has 0 amide bonds. The van der Waals surface area contributed by atoms with Gasteiger partial charge in [-0.05, 0) is 26.0 Å². The van der Waals surface area contributed by atoms with Crippen LogP contribution >= 0.6 is 11.6 Å². The summed E-state index contributed by atoms with van der Waals surface area (Å²) in [5, 5.41) is 3.61. The van der Waals surface area contributed by atoms with E-state index in [1.807, 2.05) is 26.0 Å². The van der Waals surface area contributed by atoms with Crippen molar-refractivity contribution in [2.75, 3.05) is 11.9 Å². The minimum atomic E-state index is -0.251. The van der Waals surface area contributed by atoms with Crippen LogP contribution in [0.1, 0.15) is 13.8 Å². The molecule has 1 aromatic rings. The number of rotatable bonds is 3. The van der Waals surface area contributed by atoms with Crippen molar-refractivity contribution in [2.45, 2.75) is 19.4 Å². The molecule has 0 spiro atoms. The van der Waals surface area contributed by atoms with Gasteiger partial charge in [0, 0.05) is 18.3 Å². The summed E-state index contributed by atoms with van der Waals surface area (Å²) in [5.74, 6) is 0. The predicted octanol–water partition coefficient (Wildman–Crippen LogP) is 1.88. The van der Waals surface area contributed by atoms with Crippen LogP contribution in [0, 0.1) is 0 Å². The van der Waals surface area contributed by atoms with E-state index in [1.54, 1.807) is 6.20 Å². The lowest BCUT2D eigenvalue weighted by atomic mass is 10.1. The zero-order valence-electron chi connectivity index (χ0n) is 7.84. The van der Waals surface area contributed by atoms with Crippen LogP contribution in [0.3, 0.4) is 0 Å². The third-order valence-corrected chi connectivity index (χ3v) is 1.79. The minimum Gasteiger partial charge on any atom is -0.381 e. The Morgan fingerprint density at radius 3 is 2.85 bits per heavy atom. The first-order valence-corrected chi connectivity index (χ1v) is 4.50. The Hall–Kier alpha value is -0.800. The first-order chi connectivity index (χ1) is 5.99. The average molecular weight is 200 g/mol. The van der Waals surface area contributed by atoms with Gasteiger partial charge in [-0.3, -0.25) is 0 Å². The maximum absolute atomic E-state index is 5.84. The molecule has 0 aromatic carbocycles. The SMILES string of the molecule is CC(C)(N)CNc1cccnc1Cl. The van der Waals surface area contributed by atoms with Crippen LogP contribution in [-0.4, -0.2) is 17.1 Å². The second kappa shape index (κ2) is 3.94. The highest BCUT2D eigenvalue weighted by Gasteiger charge is 2.10. The zero-order chi connectivity index (χ0) is 9.90. The molecule has 0 atom stereocenters. The first-order valence-electron chi connectivity index (χ1n) is 4.12. The molecule has 0 unspecified atom stereocenters. The standard InChI is InChI=1S/C9H14ClN3/c1-9(2,11)6-13-7-4-3-5-12-8(7)10/h3-5,13H,6,11H2,1-2H3. The number of nitrogens with two attached hydrogens (primary N) is 1. The summed E-state index contributed by atoms with van der Waals surface area (Å²) in [6.45, 7) is 4.56. The number of nitrogens with one attached hydrogen (secondary N) is 1. The molecule has 1 heterocycles. The number of nitrogens with zero attached hydrogens (tertiary/aromatic N) is 1. The van der Waals surface area contributed by atoms with Crippen molar-refractivity contribution in [3.63, 3.8) is 0 Å². The van der Waals surface area contributed by atoms with Crippen molar-refractivity contribution in [2.24, 2.45) is 5.73 Å². The molecule has 4 heteroatoms. The molecule has 1 rings (SSSR count). The summed E-state index contributed by atoms with van der Waals surface area (Å²) in [5.41, 5.74) is 6.38. The van der Waals surface area contributed by atoms with Crippen LogP contribution in [0.25, 0.3) is 0 Å². The normalized spacial score (nSPS) is 11.4.